The number of methoxy groups -OCH3 is 1. The molecular formula is C4H12Cl2O2. The summed E-state index contributed by atoms with van der Waals surface area (Å²) in [4.78, 5) is 0. The highest BCUT2D eigenvalue weighted by Gasteiger charge is 1.41. The van der Waals surface area contributed by atoms with Crippen LogP contribution in [0.5, 0.6) is 0 Å². The molecule has 2 nitrogen and oxygen atoms in total. The van der Waals surface area contributed by atoms with E-state index in [1.807, 2.05) is 0 Å². The number of ether oxygens (including phenoxy) is 1. The van der Waals surface area contributed by atoms with Gasteiger partial charge in [0.05, 0.1) is 5.34 Å². The molecule has 0 spiro atoms. The standard InChI is InChI=1S/C2H6O.CH2Cl2.CH4O/c1-3-2;2-1-3;1-2/h1-2H3;1H2;2H,1H3. The molecule has 0 bridgehead atoms. The fourth-order valence-electron chi connectivity index (χ4n) is 0. The number of aliphatic hydroxyl groups is 1. The summed E-state index contributed by atoms with van der Waals surface area (Å²) in [6.07, 6.45) is 0. The predicted molar refractivity (Wildman–Crippen MR) is 37.6 cm³/mol. The van der Waals surface area contributed by atoms with Crippen molar-refractivity contribution in [2.75, 3.05) is 26.7 Å². The third kappa shape index (κ3) is 787. The summed E-state index contributed by atoms with van der Waals surface area (Å²) in [6.45, 7) is 0. The van der Waals surface area contributed by atoms with Crippen LogP contribution in [0.1, 0.15) is 0 Å². The van der Waals surface area contributed by atoms with Gasteiger partial charge in [-0.3, -0.25) is 0 Å². The molecule has 0 saturated heterocycles. The van der Waals surface area contributed by atoms with Crippen LogP contribution < -0.4 is 0 Å². The van der Waals surface area contributed by atoms with Crippen LogP contribution in [0.4, 0.5) is 0 Å². The van der Waals surface area contributed by atoms with E-state index >= 15 is 0 Å². The maximum Gasteiger partial charge on any atom is 0.0967 e. The smallest absolute Gasteiger partial charge is 0.0967 e. The van der Waals surface area contributed by atoms with E-state index in [0.717, 1.165) is 7.11 Å². The van der Waals surface area contributed by atoms with E-state index in [2.05, 4.69) is 4.74 Å². The molecular weight excluding hydrogens is 151 g/mol. The van der Waals surface area contributed by atoms with Crippen molar-refractivity contribution in [1.29, 1.82) is 0 Å². The van der Waals surface area contributed by atoms with Crippen molar-refractivity contribution >= 4 is 23.2 Å². The first-order valence-electron chi connectivity index (χ1n) is 1.80. The number of aliphatic hydroxyl groups excluding tert-OH is 1. The SMILES string of the molecule is CO.COC.ClCCl. The topological polar surface area (TPSA) is 29.5 Å². The van der Waals surface area contributed by atoms with Crippen LogP contribution in [0.3, 0.4) is 0 Å². The Morgan fingerprint density at radius 3 is 1.25 bits per heavy atom. The summed E-state index contributed by atoms with van der Waals surface area (Å²) < 4.78 is 4.25. The zero-order chi connectivity index (χ0) is 7.41. The summed E-state index contributed by atoms with van der Waals surface area (Å²) >= 11 is 9.53. The summed E-state index contributed by atoms with van der Waals surface area (Å²) in [5, 5.41) is 7.19. The molecule has 0 unspecified atom stereocenters. The molecule has 0 aromatic heterocycles. The number of hydrogen-bond donors (Lipinski definition) is 1. The molecule has 0 aromatic rings. The summed E-state index contributed by atoms with van der Waals surface area (Å²) in [7, 11) is 4.25. The highest BCUT2D eigenvalue weighted by Crippen LogP contribution is 1.73. The van der Waals surface area contributed by atoms with Gasteiger partial charge < -0.3 is 9.84 Å². The molecule has 4 heteroatoms. The number of halogens is 2. The average Bonchev–Trinajstić information content (AvgIpc) is 1.75. The molecule has 8 heavy (non-hydrogen) atoms. The van der Waals surface area contributed by atoms with Crippen LogP contribution in [-0.2, 0) is 4.74 Å². The monoisotopic (exact) mass is 162 g/mol. The largest absolute Gasteiger partial charge is 0.400 e. The molecule has 0 aliphatic heterocycles. The van der Waals surface area contributed by atoms with Crippen molar-refractivity contribution in [1.82, 2.24) is 0 Å². The molecule has 0 aliphatic rings. The Bertz CT molecular complexity index is 14.0. The molecule has 0 atom stereocenters. The molecule has 0 rings (SSSR count). The van der Waals surface area contributed by atoms with Gasteiger partial charge in [0.25, 0.3) is 0 Å². The molecule has 54 valence electrons. The van der Waals surface area contributed by atoms with Gasteiger partial charge >= 0.3 is 0 Å². The molecule has 1 N–H and O–H groups in total. The van der Waals surface area contributed by atoms with Gasteiger partial charge in [-0.05, 0) is 0 Å². The van der Waals surface area contributed by atoms with Gasteiger partial charge in [0.15, 0.2) is 0 Å². The minimum absolute atomic E-state index is 0.194. The lowest BCUT2D eigenvalue weighted by Crippen LogP contribution is -1.55. The Morgan fingerprint density at radius 2 is 1.25 bits per heavy atom. The van der Waals surface area contributed by atoms with E-state index in [9.17, 15) is 0 Å². The second-order valence-corrected chi connectivity index (χ2v) is 1.32. The fourth-order valence-corrected chi connectivity index (χ4v) is 0. The van der Waals surface area contributed by atoms with Gasteiger partial charge in [-0.15, -0.1) is 23.2 Å². The first kappa shape index (κ1) is 15.8. The van der Waals surface area contributed by atoms with E-state index in [1.54, 1.807) is 14.2 Å². The Hall–Kier alpha value is 0.500. The summed E-state index contributed by atoms with van der Waals surface area (Å²) in [5.74, 6) is 0. The van der Waals surface area contributed by atoms with Crippen molar-refractivity contribution in [3.8, 4) is 0 Å². The maximum absolute atomic E-state index is 7.00. The number of hydrogen-bond acceptors (Lipinski definition) is 2. The van der Waals surface area contributed by atoms with E-state index in [0.29, 0.717) is 0 Å². The first-order chi connectivity index (χ1) is 3.83. The molecule has 0 amide bonds. The minimum atomic E-state index is 0.194. The van der Waals surface area contributed by atoms with Crippen molar-refractivity contribution in [2.45, 2.75) is 0 Å². The maximum atomic E-state index is 7.00. The molecule has 0 aromatic carbocycles. The van der Waals surface area contributed by atoms with Crippen molar-refractivity contribution < 1.29 is 9.84 Å². The average molecular weight is 163 g/mol. The van der Waals surface area contributed by atoms with Gasteiger partial charge in [-0.1, -0.05) is 0 Å². The number of alkyl halides is 2. The lowest BCUT2D eigenvalue weighted by Gasteiger charge is -1.61. The zero-order valence-electron chi connectivity index (χ0n) is 5.32. The van der Waals surface area contributed by atoms with E-state index in [4.69, 9.17) is 28.3 Å². The first-order valence-corrected chi connectivity index (χ1v) is 2.87. The predicted octanol–water partition coefficient (Wildman–Crippen LogP) is 1.29. The van der Waals surface area contributed by atoms with E-state index in [1.165, 1.54) is 0 Å². The molecule has 0 aliphatic carbocycles. The van der Waals surface area contributed by atoms with Crippen LogP contribution in [0.2, 0.25) is 0 Å². The third-order valence-corrected chi connectivity index (χ3v) is 0. The zero-order valence-corrected chi connectivity index (χ0v) is 6.83. The summed E-state index contributed by atoms with van der Waals surface area (Å²) in [5.41, 5.74) is 0. The molecule has 0 fully saturated rings. The van der Waals surface area contributed by atoms with Gasteiger partial charge in [0.2, 0.25) is 0 Å². The van der Waals surface area contributed by atoms with Crippen LogP contribution >= 0.6 is 23.2 Å². The van der Waals surface area contributed by atoms with Crippen LogP contribution in [0.15, 0.2) is 0 Å². The Labute approximate surface area is 60.4 Å². The quantitative estimate of drug-likeness (QED) is 0.545. The second kappa shape index (κ2) is 50.7. The second-order valence-electron chi connectivity index (χ2n) is 0.509. The lowest BCUT2D eigenvalue weighted by molar-refractivity contribution is 0.277. The van der Waals surface area contributed by atoms with Crippen LogP contribution in [-0.4, -0.2) is 31.8 Å². The van der Waals surface area contributed by atoms with Crippen LogP contribution in [0, 0.1) is 0 Å². The highest BCUT2D eigenvalue weighted by atomic mass is 35.5. The van der Waals surface area contributed by atoms with Crippen molar-refractivity contribution in [2.24, 2.45) is 0 Å². The highest BCUT2D eigenvalue weighted by molar-refractivity contribution is 6.40. The molecule has 0 heterocycles. The van der Waals surface area contributed by atoms with Gasteiger partial charge in [-0.25, -0.2) is 0 Å². The Morgan fingerprint density at radius 1 is 1.25 bits per heavy atom. The van der Waals surface area contributed by atoms with Gasteiger partial charge in [0.1, 0.15) is 0 Å². The lowest BCUT2D eigenvalue weighted by atomic mass is 11.6. The molecule has 0 radical (unpaired) electrons. The van der Waals surface area contributed by atoms with Gasteiger partial charge in [0, 0.05) is 21.3 Å². The van der Waals surface area contributed by atoms with Gasteiger partial charge in [-0.2, -0.15) is 0 Å². The van der Waals surface area contributed by atoms with E-state index < -0.39 is 0 Å². The van der Waals surface area contributed by atoms with Crippen molar-refractivity contribution in [3.63, 3.8) is 0 Å². The summed E-state index contributed by atoms with van der Waals surface area (Å²) in [6, 6.07) is 0. The van der Waals surface area contributed by atoms with Crippen molar-refractivity contribution in [3.05, 3.63) is 0 Å². The minimum Gasteiger partial charge on any atom is -0.400 e. The number of rotatable bonds is 0. The van der Waals surface area contributed by atoms with E-state index in [-0.39, 0.29) is 5.34 Å². The third-order valence-electron chi connectivity index (χ3n) is 0. The van der Waals surface area contributed by atoms with Crippen LogP contribution in [0.25, 0.3) is 0 Å². The molecule has 0 saturated carbocycles. The Kier molecular flexibility index (Phi) is 100. The normalized spacial score (nSPS) is 5.25. The Balaban J connectivity index is -0.0000000483. The fraction of sp³-hybridized carbons (Fsp3) is 1.00.